The van der Waals surface area contributed by atoms with Crippen LogP contribution in [0.3, 0.4) is 0 Å². The van der Waals surface area contributed by atoms with Gasteiger partial charge in [-0.3, -0.25) is 9.59 Å². The maximum Gasteiger partial charge on any atom is 0.329 e. The molecular weight excluding hydrogens is 412 g/mol. The maximum atomic E-state index is 12.7. The summed E-state index contributed by atoms with van der Waals surface area (Å²) in [5, 5.41) is 5.18. The Kier molecular flexibility index (Phi) is 8.22. The Morgan fingerprint density at radius 2 is 1.90 bits per heavy atom. The Hall–Kier alpha value is -2.62. The maximum absolute atomic E-state index is 12.7. The predicted octanol–water partition coefficient (Wildman–Crippen LogP) is 0.686. The van der Waals surface area contributed by atoms with Gasteiger partial charge in [0.1, 0.15) is 11.8 Å². The standard InChI is InChI=1S/C20H28N2O7S/c1-4-28-16-8-6-5-7-15(16)19(24)22-18(13(2)3)20(25)29-11-17(23)21-14-9-10-30(26,27)12-14/h5-8,13-14,18H,4,9-12H2,1-3H3,(H,21,23)(H,22,24)/t14?,18-/m1/s1. The minimum Gasteiger partial charge on any atom is -0.493 e. The van der Waals surface area contributed by atoms with Crippen molar-refractivity contribution in [2.24, 2.45) is 5.92 Å². The smallest absolute Gasteiger partial charge is 0.329 e. The van der Waals surface area contributed by atoms with Crippen LogP contribution in [-0.4, -0.2) is 63.0 Å². The molecular formula is C20H28N2O7S. The van der Waals surface area contributed by atoms with Gasteiger partial charge in [-0.1, -0.05) is 26.0 Å². The summed E-state index contributed by atoms with van der Waals surface area (Å²) in [6, 6.07) is 5.24. The summed E-state index contributed by atoms with van der Waals surface area (Å²) in [6.45, 7) is 5.12. The number of esters is 1. The van der Waals surface area contributed by atoms with Crippen LogP contribution in [0.4, 0.5) is 0 Å². The van der Waals surface area contributed by atoms with E-state index < -0.39 is 46.3 Å². The highest BCUT2D eigenvalue weighted by Gasteiger charge is 2.30. The minimum atomic E-state index is -3.12. The van der Waals surface area contributed by atoms with E-state index in [1.807, 2.05) is 0 Å². The number of carbonyl (C=O) groups is 3. The van der Waals surface area contributed by atoms with Crippen molar-refractivity contribution in [2.75, 3.05) is 24.7 Å². The van der Waals surface area contributed by atoms with Crippen LogP contribution in [0.15, 0.2) is 24.3 Å². The molecule has 1 aromatic carbocycles. The van der Waals surface area contributed by atoms with Crippen LogP contribution in [-0.2, 0) is 24.2 Å². The summed E-state index contributed by atoms with van der Waals surface area (Å²) in [6.07, 6.45) is 0.339. The monoisotopic (exact) mass is 440 g/mol. The van der Waals surface area contributed by atoms with Gasteiger partial charge in [-0.25, -0.2) is 13.2 Å². The molecule has 0 aromatic heterocycles. The van der Waals surface area contributed by atoms with Crippen LogP contribution >= 0.6 is 0 Å². The first-order valence-corrected chi connectivity index (χ1v) is 11.6. The van der Waals surface area contributed by atoms with Crippen molar-refractivity contribution in [3.8, 4) is 5.75 Å². The van der Waals surface area contributed by atoms with E-state index in [1.165, 1.54) is 0 Å². The number of benzene rings is 1. The van der Waals surface area contributed by atoms with Crippen molar-refractivity contribution in [3.63, 3.8) is 0 Å². The molecule has 2 amide bonds. The summed E-state index contributed by atoms with van der Waals surface area (Å²) < 4.78 is 33.4. The van der Waals surface area contributed by atoms with Crippen LogP contribution in [0.5, 0.6) is 5.75 Å². The molecule has 166 valence electrons. The largest absolute Gasteiger partial charge is 0.493 e. The fraction of sp³-hybridized carbons (Fsp3) is 0.550. The van der Waals surface area contributed by atoms with Gasteiger partial charge in [-0.05, 0) is 31.4 Å². The average Bonchev–Trinajstić information content (AvgIpc) is 3.02. The molecule has 0 spiro atoms. The third-order valence-corrected chi connectivity index (χ3v) is 6.35. The lowest BCUT2D eigenvalue weighted by Gasteiger charge is -2.21. The Morgan fingerprint density at radius 3 is 2.50 bits per heavy atom. The molecule has 0 radical (unpaired) electrons. The van der Waals surface area contributed by atoms with Gasteiger partial charge in [0.25, 0.3) is 11.8 Å². The molecule has 0 aliphatic carbocycles. The number of para-hydroxylation sites is 1. The molecule has 0 bridgehead atoms. The van der Waals surface area contributed by atoms with Crippen LogP contribution < -0.4 is 15.4 Å². The molecule has 0 saturated carbocycles. The second kappa shape index (κ2) is 10.4. The second-order valence-corrected chi connectivity index (χ2v) is 9.63. The summed E-state index contributed by atoms with van der Waals surface area (Å²) in [7, 11) is -3.12. The first-order valence-electron chi connectivity index (χ1n) is 9.82. The van der Waals surface area contributed by atoms with Gasteiger partial charge in [-0.2, -0.15) is 0 Å². The molecule has 1 aromatic rings. The zero-order chi connectivity index (χ0) is 22.3. The van der Waals surface area contributed by atoms with E-state index in [4.69, 9.17) is 9.47 Å². The fourth-order valence-corrected chi connectivity index (χ4v) is 4.73. The Bertz CT molecular complexity index is 883. The van der Waals surface area contributed by atoms with Crippen LogP contribution in [0, 0.1) is 5.92 Å². The molecule has 2 rings (SSSR count). The molecule has 10 heteroatoms. The SMILES string of the molecule is CCOc1ccccc1C(=O)N[C@@H](C(=O)OCC(=O)NC1CCS(=O)(=O)C1)C(C)C. The van der Waals surface area contributed by atoms with Gasteiger partial charge in [0, 0.05) is 6.04 Å². The van der Waals surface area contributed by atoms with Crippen LogP contribution in [0.25, 0.3) is 0 Å². The molecule has 1 fully saturated rings. The quantitative estimate of drug-likeness (QED) is 0.541. The third-order valence-electron chi connectivity index (χ3n) is 4.58. The highest BCUT2D eigenvalue weighted by atomic mass is 32.2. The fourth-order valence-electron chi connectivity index (χ4n) is 3.06. The Balaban J connectivity index is 1.93. The molecule has 1 saturated heterocycles. The predicted molar refractivity (Wildman–Crippen MR) is 110 cm³/mol. The van der Waals surface area contributed by atoms with E-state index in [1.54, 1.807) is 45.0 Å². The topological polar surface area (TPSA) is 128 Å². The first-order chi connectivity index (χ1) is 14.1. The van der Waals surface area contributed by atoms with Gasteiger partial charge < -0.3 is 20.1 Å². The summed E-state index contributed by atoms with van der Waals surface area (Å²) in [4.78, 5) is 37.1. The average molecular weight is 441 g/mol. The van der Waals surface area contributed by atoms with Crippen molar-refractivity contribution in [1.82, 2.24) is 10.6 Å². The van der Waals surface area contributed by atoms with Crippen molar-refractivity contribution in [3.05, 3.63) is 29.8 Å². The van der Waals surface area contributed by atoms with Gasteiger partial charge in [0.05, 0.1) is 23.7 Å². The normalized spacial score (nSPS) is 18.5. The van der Waals surface area contributed by atoms with E-state index in [2.05, 4.69) is 10.6 Å². The number of ether oxygens (including phenoxy) is 2. The van der Waals surface area contributed by atoms with E-state index >= 15 is 0 Å². The molecule has 9 nitrogen and oxygen atoms in total. The zero-order valence-electron chi connectivity index (χ0n) is 17.3. The summed E-state index contributed by atoms with van der Waals surface area (Å²) in [5.41, 5.74) is 0.290. The highest BCUT2D eigenvalue weighted by Crippen LogP contribution is 2.18. The minimum absolute atomic E-state index is 0.0302. The molecule has 2 N–H and O–H groups in total. The lowest BCUT2D eigenvalue weighted by molar-refractivity contribution is -0.151. The molecule has 1 aliphatic rings. The molecule has 30 heavy (non-hydrogen) atoms. The second-order valence-electron chi connectivity index (χ2n) is 7.40. The van der Waals surface area contributed by atoms with Crippen molar-refractivity contribution >= 4 is 27.6 Å². The zero-order valence-corrected chi connectivity index (χ0v) is 18.2. The number of nitrogens with one attached hydrogen (secondary N) is 2. The van der Waals surface area contributed by atoms with E-state index in [-0.39, 0.29) is 23.0 Å². The first kappa shape index (κ1) is 23.7. The van der Waals surface area contributed by atoms with E-state index in [0.717, 1.165) is 0 Å². The number of sulfone groups is 1. The number of amides is 2. The summed E-state index contributed by atoms with van der Waals surface area (Å²) >= 11 is 0. The Labute approximate surface area is 176 Å². The van der Waals surface area contributed by atoms with Gasteiger partial charge in [0.15, 0.2) is 16.4 Å². The lowest BCUT2D eigenvalue weighted by atomic mass is 10.0. The van der Waals surface area contributed by atoms with Crippen molar-refractivity contribution in [2.45, 2.75) is 39.3 Å². The third kappa shape index (κ3) is 6.72. The Morgan fingerprint density at radius 1 is 1.20 bits per heavy atom. The highest BCUT2D eigenvalue weighted by molar-refractivity contribution is 7.91. The molecule has 1 aliphatic heterocycles. The van der Waals surface area contributed by atoms with Gasteiger partial charge in [0.2, 0.25) is 0 Å². The van der Waals surface area contributed by atoms with Gasteiger partial charge >= 0.3 is 5.97 Å². The summed E-state index contributed by atoms with van der Waals surface area (Å²) in [5.74, 6) is -1.79. The van der Waals surface area contributed by atoms with Crippen molar-refractivity contribution in [1.29, 1.82) is 0 Å². The van der Waals surface area contributed by atoms with Gasteiger partial charge in [-0.15, -0.1) is 0 Å². The van der Waals surface area contributed by atoms with E-state index in [0.29, 0.717) is 18.8 Å². The molecule has 1 unspecified atom stereocenters. The molecule has 1 heterocycles. The lowest BCUT2D eigenvalue weighted by Crippen LogP contribution is -2.46. The van der Waals surface area contributed by atoms with Crippen LogP contribution in [0.1, 0.15) is 37.6 Å². The van der Waals surface area contributed by atoms with E-state index in [9.17, 15) is 22.8 Å². The number of carbonyl (C=O) groups excluding carboxylic acids is 3. The number of hydrogen-bond acceptors (Lipinski definition) is 7. The number of hydrogen-bond donors (Lipinski definition) is 2. The van der Waals surface area contributed by atoms with Crippen molar-refractivity contribution < 1.29 is 32.3 Å². The molecule has 2 atom stereocenters. The number of rotatable bonds is 9. The van der Waals surface area contributed by atoms with Crippen LogP contribution in [0.2, 0.25) is 0 Å².